The Kier molecular flexibility index (Phi) is 10.2. The molecule has 3 heteroatoms. The molecular weight excluding hydrogens is 301 g/mol. The van der Waals surface area contributed by atoms with Gasteiger partial charge in [-0.25, -0.2) is 0 Å². The van der Waals surface area contributed by atoms with Gasteiger partial charge in [0.15, 0.2) is 0 Å². The predicted octanol–water partition coefficient (Wildman–Crippen LogP) is 6.78. The van der Waals surface area contributed by atoms with E-state index in [2.05, 4.69) is 19.2 Å². The minimum Gasteiger partial charge on any atom is -0.310 e. The molecule has 21 heavy (non-hydrogen) atoms. The monoisotopic (exact) mass is 329 g/mol. The van der Waals surface area contributed by atoms with Crippen LogP contribution < -0.4 is 5.32 Å². The Hall–Kier alpha value is -0.240. The van der Waals surface area contributed by atoms with E-state index >= 15 is 0 Å². The van der Waals surface area contributed by atoms with Crippen LogP contribution in [0.2, 0.25) is 10.0 Å². The maximum absolute atomic E-state index is 6.24. The van der Waals surface area contributed by atoms with Crippen LogP contribution in [0.25, 0.3) is 0 Å². The standard InChI is InChI=1S/C18H29Cl2N/c1-3-4-5-6-7-8-9-10-14-21-15(2)16-12-11-13-17(19)18(16)20/h11-13,15,21H,3-10,14H2,1-2H3. The molecule has 1 atom stereocenters. The Morgan fingerprint density at radius 2 is 1.57 bits per heavy atom. The van der Waals surface area contributed by atoms with E-state index in [9.17, 15) is 0 Å². The normalized spacial score (nSPS) is 12.6. The first-order valence-corrected chi connectivity index (χ1v) is 9.09. The second-order valence-corrected chi connectivity index (χ2v) is 6.58. The third-order valence-corrected chi connectivity index (χ3v) is 4.76. The molecule has 0 saturated carbocycles. The lowest BCUT2D eigenvalue weighted by Gasteiger charge is -2.16. The van der Waals surface area contributed by atoms with Gasteiger partial charge in [-0.05, 0) is 31.5 Å². The molecule has 0 aliphatic heterocycles. The van der Waals surface area contributed by atoms with E-state index in [4.69, 9.17) is 23.2 Å². The van der Waals surface area contributed by atoms with Gasteiger partial charge in [-0.3, -0.25) is 0 Å². The van der Waals surface area contributed by atoms with Crippen LogP contribution in [0.15, 0.2) is 18.2 Å². The molecule has 1 N–H and O–H groups in total. The van der Waals surface area contributed by atoms with E-state index in [1.807, 2.05) is 18.2 Å². The highest BCUT2D eigenvalue weighted by Crippen LogP contribution is 2.29. The summed E-state index contributed by atoms with van der Waals surface area (Å²) in [6.07, 6.45) is 10.8. The van der Waals surface area contributed by atoms with E-state index < -0.39 is 0 Å². The zero-order chi connectivity index (χ0) is 15.5. The van der Waals surface area contributed by atoms with Crippen LogP contribution in [0, 0.1) is 0 Å². The van der Waals surface area contributed by atoms with Crippen LogP contribution in [-0.2, 0) is 0 Å². The fourth-order valence-electron chi connectivity index (χ4n) is 2.54. The number of rotatable bonds is 11. The minimum absolute atomic E-state index is 0.251. The van der Waals surface area contributed by atoms with E-state index in [1.165, 1.54) is 51.4 Å². The van der Waals surface area contributed by atoms with Crippen LogP contribution in [-0.4, -0.2) is 6.54 Å². The highest BCUT2D eigenvalue weighted by atomic mass is 35.5. The maximum atomic E-state index is 6.24. The van der Waals surface area contributed by atoms with Gasteiger partial charge in [0.1, 0.15) is 0 Å². The first-order chi connectivity index (χ1) is 10.2. The summed E-state index contributed by atoms with van der Waals surface area (Å²) in [5, 5.41) is 4.85. The summed E-state index contributed by atoms with van der Waals surface area (Å²) in [7, 11) is 0. The number of halogens is 2. The van der Waals surface area contributed by atoms with Gasteiger partial charge in [-0.15, -0.1) is 0 Å². The number of hydrogen-bond donors (Lipinski definition) is 1. The summed E-state index contributed by atoms with van der Waals surface area (Å²) in [5.41, 5.74) is 1.09. The summed E-state index contributed by atoms with van der Waals surface area (Å²) >= 11 is 12.3. The molecule has 0 fully saturated rings. The molecule has 0 aliphatic rings. The summed E-state index contributed by atoms with van der Waals surface area (Å²) in [5.74, 6) is 0. The second-order valence-electron chi connectivity index (χ2n) is 5.79. The third kappa shape index (κ3) is 7.54. The van der Waals surface area contributed by atoms with Gasteiger partial charge in [-0.2, -0.15) is 0 Å². The summed E-state index contributed by atoms with van der Waals surface area (Å²) < 4.78 is 0. The van der Waals surface area contributed by atoms with E-state index in [0.29, 0.717) is 10.0 Å². The van der Waals surface area contributed by atoms with Crippen molar-refractivity contribution in [2.45, 2.75) is 71.3 Å². The van der Waals surface area contributed by atoms with Crippen LogP contribution in [0.4, 0.5) is 0 Å². The number of benzene rings is 1. The topological polar surface area (TPSA) is 12.0 Å². The Morgan fingerprint density at radius 1 is 0.952 bits per heavy atom. The van der Waals surface area contributed by atoms with Crippen LogP contribution in [0.5, 0.6) is 0 Å². The van der Waals surface area contributed by atoms with Crippen molar-refractivity contribution < 1.29 is 0 Å². The van der Waals surface area contributed by atoms with Crippen molar-refractivity contribution in [1.82, 2.24) is 5.32 Å². The van der Waals surface area contributed by atoms with Crippen molar-refractivity contribution in [3.63, 3.8) is 0 Å². The molecule has 0 radical (unpaired) electrons. The lowest BCUT2D eigenvalue weighted by Crippen LogP contribution is -2.20. The summed E-state index contributed by atoms with van der Waals surface area (Å²) in [6, 6.07) is 6.08. The predicted molar refractivity (Wildman–Crippen MR) is 95.5 cm³/mol. The minimum atomic E-state index is 0.251. The molecule has 1 aromatic carbocycles. The number of hydrogen-bond acceptors (Lipinski definition) is 1. The zero-order valence-electron chi connectivity index (χ0n) is 13.4. The average Bonchev–Trinajstić information content (AvgIpc) is 2.48. The molecule has 120 valence electrons. The molecule has 1 nitrogen and oxygen atoms in total. The Morgan fingerprint density at radius 3 is 2.24 bits per heavy atom. The molecule has 0 amide bonds. The highest BCUT2D eigenvalue weighted by molar-refractivity contribution is 6.42. The summed E-state index contributed by atoms with van der Waals surface area (Å²) in [4.78, 5) is 0. The fraction of sp³-hybridized carbons (Fsp3) is 0.667. The maximum Gasteiger partial charge on any atom is 0.0639 e. The van der Waals surface area contributed by atoms with Crippen LogP contribution in [0.3, 0.4) is 0 Å². The Bertz CT molecular complexity index is 393. The molecule has 0 bridgehead atoms. The molecule has 0 heterocycles. The van der Waals surface area contributed by atoms with Gasteiger partial charge in [0.25, 0.3) is 0 Å². The molecule has 0 saturated heterocycles. The SMILES string of the molecule is CCCCCCCCCCNC(C)c1cccc(Cl)c1Cl. The van der Waals surface area contributed by atoms with Crippen molar-refractivity contribution in [3.8, 4) is 0 Å². The largest absolute Gasteiger partial charge is 0.310 e. The van der Waals surface area contributed by atoms with Gasteiger partial charge in [-0.1, -0.05) is 87.2 Å². The van der Waals surface area contributed by atoms with E-state index in [1.54, 1.807) is 0 Å². The quantitative estimate of drug-likeness (QED) is 0.441. The molecule has 0 aliphatic carbocycles. The van der Waals surface area contributed by atoms with Gasteiger partial charge in [0.05, 0.1) is 10.0 Å². The first-order valence-electron chi connectivity index (χ1n) is 8.34. The Balaban J connectivity index is 2.11. The van der Waals surface area contributed by atoms with Gasteiger partial charge in [0, 0.05) is 6.04 Å². The molecule has 1 aromatic rings. The van der Waals surface area contributed by atoms with Crippen molar-refractivity contribution in [1.29, 1.82) is 0 Å². The highest BCUT2D eigenvalue weighted by Gasteiger charge is 2.10. The van der Waals surface area contributed by atoms with Crippen LogP contribution in [0.1, 0.15) is 76.8 Å². The summed E-state index contributed by atoms with van der Waals surface area (Å²) in [6.45, 7) is 5.44. The number of nitrogens with one attached hydrogen (secondary N) is 1. The average molecular weight is 330 g/mol. The molecule has 1 rings (SSSR count). The first kappa shape index (κ1) is 18.8. The lowest BCUT2D eigenvalue weighted by molar-refractivity contribution is 0.521. The van der Waals surface area contributed by atoms with Crippen molar-refractivity contribution >= 4 is 23.2 Å². The van der Waals surface area contributed by atoms with Gasteiger partial charge < -0.3 is 5.32 Å². The van der Waals surface area contributed by atoms with E-state index in [0.717, 1.165) is 12.1 Å². The second kappa shape index (κ2) is 11.3. The van der Waals surface area contributed by atoms with Gasteiger partial charge in [0.2, 0.25) is 0 Å². The van der Waals surface area contributed by atoms with Crippen molar-refractivity contribution in [3.05, 3.63) is 33.8 Å². The smallest absolute Gasteiger partial charge is 0.0639 e. The molecule has 1 unspecified atom stereocenters. The lowest BCUT2D eigenvalue weighted by atomic mass is 10.1. The Labute approximate surface area is 140 Å². The van der Waals surface area contributed by atoms with Crippen LogP contribution >= 0.6 is 23.2 Å². The zero-order valence-corrected chi connectivity index (χ0v) is 14.9. The van der Waals surface area contributed by atoms with E-state index in [-0.39, 0.29) is 6.04 Å². The van der Waals surface area contributed by atoms with Crippen molar-refractivity contribution in [2.75, 3.05) is 6.54 Å². The molecule has 0 spiro atoms. The fourth-order valence-corrected chi connectivity index (χ4v) is 3.01. The molecular formula is C18H29Cl2N. The molecule has 0 aromatic heterocycles. The number of unbranched alkanes of at least 4 members (excludes halogenated alkanes) is 7. The van der Waals surface area contributed by atoms with Gasteiger partial charge >= 0.3 is 0 Å². The third-order valence-electron chi connectivity index (χ3n) is 3.93. The van der Waals surface area contributed by atoms with Crippen molar-refractivity contribution in [2.24, 2.45) is 0 Å².